The highest BCUT2D eigenvalue weighted by Gasteiger charge is 2.04. The van der Waals surface area contributed by atoms with E-state index in [9.17, 15) is 0 Å². The quantitative estimate of drug-likeness (QED) is 0.842. The SMILES string of the molecule is COc1ccc(CN2C=C(Br)C=CC2)cc1. The zero-order valence-corrected chi connectivity index (χ0v) is 10.8. The molecule has 16 heavy (non-hydrogen) atoms. The lowest BCUT2D eigenvalue weighted by atomic mass is 10.2. The number of halogens is 1. The smallest absolute Gasteiger partial charge is 0.118 e. The average molecular weight is 280 g/mol. The van der Waals surface area contributed by atoms with Crippen LogP contribution in [0.25, 0.3) is 0 Å². The minimum atomic E-state index is 0.902. The van der Waals surface area contributed by atoms with Crippen molar-refractivity contribution in [3.8, 4) is 5.75 Å². The highest BCUT2D eigenvalue weighted by molar-refractivity contribution is 9.11. The molecule has 0 radical (unpaired) electrons. The van der Waals surface area contributed by atoms with Crippen LogP contribution in [0.5, 0.6) is 5.75 Å². The number of allylic oxidation sites excluding steroid dienone is 2. The van der Waals surface area contributed by atoms with Gasteiger partial charge in [-0.2, -0.15) is 0 Å². The largest absolute Gasteiger partial charge is 0.497 e. The third kappa shape index (κ3) is 2.89. The minimum Gasteiger partial charge on any atom is -0.497 e. The van der Waals surface area contributed by atoms with Gasteiger partial charge in [0.05, 0.1) is 7.11 Å². The van der Waals surface area contributed by atoms with E-state index >= 15 is 0 Å². The molecule has 0 spiro atoms. The Morgan fingerprint density at radius 2 is 2.06 bits per heavy atom. The van der Waals surface area contributed by atoms with Crippen molar-refractivity contribution in [1.82, 2.24) is 4.90 Å². The summed E-state index contributed by atoms with van der Waals surface area (Å²) < 4.78 is 6.25. The Hall–Kier alpha value is -1.22. The van der Waals surface area contributed by atoms with E-state index in [2.05, 4.69) is 51.3 Å². The Bertz CT molecular complexity index is 408. The zero-order chi connectivity index (χ0) is 11.4. The Morgan fingerprint density at radius 1 is 1.31 bits per heavy atom. The molecule has 1 heterocycles. The maximum Gasteiger partial charge on any atom is 0.118 e. The molecular formula is C13H14BrNO. The van der Waals surface area contributed by atoms with Crippen LogP contribution in [0, 0.1) is 0 Å². The van der Waals surface area contributed by atoms with E-state index in [0.29, 0.717) is 0 Å². The van der Waals surface area contributed by atoms with Crippen molar-refractivity contribution in [2.45, 2.75) is 6.54 Å². The summed E-state index contributed by atoms with van der Waals surface area (Å²) in [5.41, 5.74) is 1.28. The van der Waals surface area contributed by atoms with Crippen LogP contribution in [0.3, 0.4) is 0 Å². The van der Waals surface area contributed by atoms with Crippen molar-refractivity contribution in [2.75, 3.05) is 13.7 Å². The fraction of sp³-hybridized carbons (Fsp3) is 0.231. The molecule has 0 amide bonds. The van der Waals surface area contributed by atoms with Crippen molar-refractivity contribution in [3.05, 3.63) is 52.7 Å². The molecule has 0 saturated heterocycles. The second-order valence-electron chi connectivity index (χ2n) is 3.69. The van der Waals surface area contributed by atoms with Crippen LogP contribution in [0.1, 0.15) is 5.56 Å². The van der Waals surface area contributed by atoms with E-state index in [-0.39, 0.29) is 0 Å². The Labute approximate surface area is 104 Å². The van der Waals surface area contributed by atoms with Crippen LogP contribution in [0.4, 0.5) is 0 Å². The highest BCUT2D eigenvalue weighted by atomic mass is 79.9. The summed E-state index contributed by atoms with van der Waals surface area (Å²) >= 11 is 3.48. The molecule has 1 aromatic carbocycles. The van der Waals surface area contributed by atoms with Gasteiger partial charge in [-0.1, -0.05) is 18.2 Å². The molecule has 0 fully saturated rings. The molecule has 2 nitrogen and oxygen atoms in total. The van der Waals surface area contributed by atoms with Crippen molar-refractivity contribution in [1.29, 1.82) is 0 Å². The molecule has 1 aliphatic heterocycles. The van der Waals surface area contributed by atoms with Crippen LogP contribution in [-0.4, -0.2) is 18.6 Å². The molecule has 84 valence electrons. The lowest BCUT2D eigenvalue weighted by Crippen LogP contribution is -2.18. The third-order valence-corrected chi connectivity index (χ3v) is 2.94. The van der Waals surface area contributed by atoms with E-state index in [1.54, 1.807) is 7.11 Å². The number of hydrogen-bond acceptors (Lipinski definition) is 2. The van der Waals surface area contributed by atoms with Crippen molar-refractivity contribution in [2.24, 2.45) is 0 Å². The topological polar surface area (TPSA) is 12.5 Å². The van der Waals surface area contributed by atoms with Gasteiger partial charge in [0.25, 0.3) is 0 Å². The van der Waals surface area contributed by atoms with Crippen LogP contribution in [0.2, 0.25) is 0 Å². The second kappa shape index (κ2) is 5.21. The van der Waals surface area contributed by atoms with Crippen molar-refractivity contribution >= 4 is 15.9 Å². The van der Waals surface area contributed by atoms with Gasteiger partial charge < -0.3 is 9.64 Å². The van der Waals surface area contributed by atoms with Gasteiger partial charge in [0, 0.05) is 23.8 Å². The normalized spacial score (nSPS) is 14.9. The number of methoxy groups -OCH3 is 1. The Morgan fingerprint density at radius 3 is 2.69 bits per heavy atom. The third-order valence-electron chi connectivity index (χ3n) is 2.47. The van der Waals surface area contributed by atoms with E-state index < -0.39 is 0 Å². The summed E-state index contributed by atoms with van der Waals surface area (Å²) in [4.78, 5) is 2.26. The first-order valence-electron chi connectivity index (χ1n) is 5.19. The monoisotopic (exact) mass is 279 g/mol. The van der Waals surface area contributed by atoms with Gasteiger partial charge >= 0.3 is 0 Å². The van der Waals surface area contributed by atoms with Crippen LogP contribution in [0.15, 0.2) is 47.1 Å². The van der Waals surface area contributed by atoms with Gasteiger partial charge in [-0.15, -0.1) is 0 Å². The molecular weight excluding hydrogens is 266 g/mol. The molecule has 1 aliphatic rings. The number of benzene rings is 1. The van der Waals surface area contributed by atoms with Crippen LogP contribution in [-0.2, 0) is 6.54 Å². The van der Waals surface area contributed by atoms with E-state index in [1.165, 1.54) is 5.56 Å². The molecule has 0 aliphatic carbocycles. The molecule has 1 aromatic rings. The molecule has 0 bridgehead atoms. The zero-order valence-electron chi connectivity index (χ0n) is 9.19. The fourth-order valence-corrected chi connectivity index (χ4v) is 2.12. The first kappa shape index (κ1) is 11.3. The van der Waals surface area contributed by atoms with Crippen LogP contribution >= 0.6 is 15.9 Å². The van der Waals surface area contributed by atoms with Crippen molar-refractivity contribution in [3.63, 3.8) is 0 Å². The minimum absolute atomic E-state index is 0.902. The first-order valence-corrected chi connectivity index (χ1v) is 5.98. The molecule has 0 unspecified atom stereocenters. The van der Waals surface area contributed by atoms with E-state index in [1.807, 2.05) is 12.1 Å². The van der Waals surface area contributed by atoms with Crippen molar-refractivity contribution < 1.29 is 4.74 Å². The van der Waals surface area contributed by atoms with Crippen LogP contribution < -0.4 is 4.74 Å². The van der Waals surface area contributed by atoms with Gasteiger partial charge in [-0.25, -0.2) is 0 Å². The lowest BCUT2D eigenvalue weighted by Gasteiger charge is -2.21. The van der Waals surface area contributed by atoms with E-state index in [0.717, 1.165) is 23.3 Å². The molecule has 0 aromatic heterocycles. The summed E-state index contributed by atoms with van der Waals surface area (Å²) in [5.74, 6) is 0.902. The fourth-order valence-electron chi connectivity index (χ4n) is 1.65. The number of nitrogens with zero attached hydrogens (tertiary/aromatic N) is 1. The summed E-state index contributed by atoms with van der Waals surface area (Å²) in [5, 5.41) is 0. The highest BCUT2D eigenvalue weighted by Crippen LogP contribution is 2.17. The predicted molar refractivity (Wildman–Crippen MR) is 69.6 cm³/mol. The summed E-state index contributed by atoms with van der Waals surface area (Å²) in [7, 11) is 1.68. The Kier molecular flexibility index (Phi) is 3.67. The van der Waals surface area contributed by atoms with Gasteiger partial charge in [0.1, 0.15) is 5.75 Å². The van der Waals surface area contributed by atoms with Gasteiger partial charge in [0.15, 0.2) is 0 Å². The number of rotatable bonds is 3. The van der Waals surface area contributed by atoms with E-state index in [4.69, 9.17) is 4.74 Å². The number of ether oxygens (including phenoxy) is 1. The lowest BCUT2D eigenvalue weighted by molar-refractivity contribution is 0.401. The summed E-state index contributed by atoms with van der Waals surface area (Å²) in [6, 6.07) is 8.18. The molecule has 0 atom stereocenters. The predicted octanol–water partition coefficient (Wildman–Crippen LogP) is 3.30. The standard InChI is InChI=1S/C13H14BrNO/c1-16-13-6-4-11(5-7-13)9-15-8-2-3-12(14)10-15/h2-7,10H,8-9H2,1H3. The summed E-state index contributed by atoms with van der Waals surface area (Å²) in [6.07, 6.45) is 6.34. The Balaban J connectivity index is 2.01. The maximum absolute atomic E-state index is 5.13. The van der Waals surface area contributed by atoms with Gasteiger partial charge in [-0.3, -0.25) is 0 Å². The van der Waals surface area contributed by atoms with Gasteiger partial charge in [-0.05, 0) is 39.7 Å². The van der Waals surface area contributed by atoms with Gasteiger partial charge in [0.2, 0.25) is 0 Å². The first-order chi connectivity index (χ1) is 7.78. The maximum atomic E-state index is 5.13. The second-order valence-corrected chi connectivity index (χ2v) is 4.61. The number of hydrogen-bond donors (Lipinski definition) is 0. The molecule has 0 N–H and O–H groups in total. The molecule has 3 heteroatoms. The average Bonchev–Trinajstić information content (AvgIpc) is 2.30. The molecule has 2 rings (SSSR count). The summed E-state index contributed by atoms with van der Waals surface area (Å²) in [6.45, 7) is 1.88. The molecule has 0 saturated carbocycles.